The van der Waals surface area contributed by atoms with Crippen LogP contribution in [0.2, 0.25) is 5.02 Å². The van der Waals surface area contributed by atoms with Crippen molar-refractivity contribution in [1.82, 2.24) is 4.98 Å². The molecule has 3 rings (SSSR count). The number of rotatable bonds is 2. The van der Waals surface area contributed by atoms with Crippen LogP contribution in [0.5, 0.6) is 0 Å². The van der Waals surface area contributed by atoms with Crippen molar-refractivity contribution < 1.29 is 0 Å². The van der Waals surface area contributed by atoms with Crippen molar-refractivity contribution in [3.63, 3.8) is 0 Å². The summed E-state index contributed by atoms with van der Waals surface area (Å²) in [6.45, 7) is 5.74. The smallest absolute Gasteiger partial charge is 0.191 e. The minimum absolute atomic E-state index is 0.135. The van der Waals surface area contributed by atoms with E-state index in [-0.39, 0.29) is 5.66 Å². The summed E-state index contributed by atoms with van der Waals surface area (Å²) in [5, 5.41) is 17.8. The van der Waals surface area contributed by atoms with Crippen LogP contribution in [-0.4, -0.2) is 23.7 Å². The topological polar surface area (TPSA) is 64.6 Å². The van der Waals surface area contributed by atoms with Gasteiger partial charge in [-0.2, -0.15) is 15.5 Å². The maximum atomic E-state index is 8.99. The fourth-order valence-corrected chi connectivity index (χ4v) is 3.05. The van der Waals surface area contributed by atoms with Crippen LogP contribution in [0.25, 0.3) is 0 Å². The standard InChI is InChI=1S/C14H16ClN5/c1-9-10(8-16)7-12(15)13(17-9)20-5-3-11(4-6-20)14(2)18-19-14/h7,11H,3-6H2,1-2H3. The first-order valence-electron chi connectivity index (χ1n) is 6.80. The van der Waals surface area contributed by atoms with Crippen molar-refractivity contribution in [1.29, 1.82) is 5.26 Å². The monoisotopic (exact) mass is 289 g/mol. The van der Waals surface area contributed by atoms with Gasteiger partial charge in [-0.1, -0.05) is 11.6 Å². The van der Waals surface area contributed by atoms with Crippen LogP contribution in [0.4, 0.5) is 5.82 Å². The molecule has 1 fully saturated rings. The Morgan fingerprint density at radius 1 is 1.40 bits per heavy atom. The Balaban J connectivity index is 1.75. The molecule has 0 aromatic carbocycles. The molecule has 20 heavy (non-hydrogen) atoms. The van der Waals surface area contributed by atoms with Crippen LogP contribution in [0.3, 0.4) is 0 Å². The SMILES string of the molecule is Cc1nc(N2CCC(C3(C)N=N3)CC2)c(Cl)cc1C#N. The number of halogens is 1. The highest BCUT2D eigenvalue weighted by Gasteiger charge is 2.44. The molecular weight excluding hydrogens is 274 g/mol. The van der Waals surface area contributed by atoms with Gasteiger partial charge in [0.1, 0.15) is 11.9 Å². The number of hydrogen-bond acceptors (Lipinski definition) is 5. The zero-order valence-electron chi connectivity index (χ0n) is 11.6. The van der Waals surface area contributed by atoms with E-state index in [9.17, 15) is 0 Å². The lowest BCUT2D eigenvalue weighted by molar-refractivity contribution is 0.320. The van der Waals surface area contributed by atoms with Gasteiger partial charge in [-0.05, 0) is 32.8 Å². The Bertz CT molecular complexity index is 605. The molecule has 5 nitrogen and oxygen atoms in total. The summed E-state index contributed by atoms with van der Waals surface area (Å²) in [6, 6.07) is 3.82. The Hall–Kier alpha value is -1.67. The molecule has 0 bridgehead atoms. The first-order valence-corrected chi connectivity index (χ1v) is 7.17. The van der Waals surface area contributed by atoms with E-state index in [0.29, 0.717) is 16.5 Å². The van der Waals surface area contributed by atoms with E-state index in [1.807, 2.05) is 6.92 Å². The second-order valence-electron chi connectivity index (χ2n) is 5.59. The van der Waals surface area contributed by atoms with E-state index in [0.717, 1.165) is 37.4 Å². The second-order valence-corrected chi connectivity index (χ2v) is 6.00. The lowest BCUT2D eigenvalue weighted by Crippen LogP contribution is -2.38. The fraction of sp³-hybridized carbons (Fsp3) is 0.571. The van der Waals surface area contributed by atoms with Crippen LogP contribution in [0, 0.1) is 24.2 Å². The minimum Gasteiger partial charge on any atom is -0.355 e. The third-order valence-corrected chi connectivity index (χ3v) is 4.53. The van der Waals surface area contributed by atoms with Gasteiger partial charge < -0.3 is 4.90 Å². The molecule has 0 amide bonds. The summed E-state index contributed by atoms with van der Waals surface area (Å²) < 4.78 is 0. The molecular formula is C14H16ClN5. The first kappa shape index (κ1) is 13.3. The minimum atomic E-state index is -0.135. The molecule has 0 atom stereocenters. The van der Waals surface area contributed by atoms with Crippen molar-refractivity contribution >= 4 is 17.4 Å². The van der Waals surface area contributed by atoms with Crippen molar-refractivity contribution in [3.05, 3.63) is 22.3 Å². The van der Waals surface area contributed by atoms with Crippen LogP contribution in [-0.2, 0) is 0 Å². The van der Waals surface area contributed by atoms with Gasteiger partial charge >= 0.3 is 0 Å². The lowest BCUT2D eigenvalue weighted by atomic mass is 9.88. The molecule has 6 heteroatoms. The Morgan fingerprint density at radius 2 is 2.05 bits per heavy atom. The maximum Gasteiger partial charge on any atom is 0.191 e. The third kappa shape index (κ3) is 2.25. The first-order chi connectivity index (χ1) is 9.53. The Labute approximate surface area is 123 Å². The van der Waals surface area contributed by atoms with Gasteiger partial charge in [0, 0.05) is 19.0 Å². The number of piperidine rings is 1. The van der Waals surface area contributed by atoms with Crippen LogP contribution >= 0.6 is 11.6 Å². The average Bonchev–Trinajstić information content (AvgIpc) is 3.20. The summed E-state index contributed by atoms with van der Waals surface area (Å²) in [4.78, 5) is 6.69. The number of nitrogens with zero attached hydrogens (tertiary/aromatic N) is 5. The van der Waals surface area contributed by atoms with Gasteiger partial charge in [0.2, 0.25) is 0 Å². The maximum absolute atomic E-state index is 8.99. The van der Waals surface area contributed by atoms with Gasteiger partial charge in [-0.25, -0.2) is 4.98 Å². The number of pyridine rings is 1. The number of nitriles is 1. The predicted molar refractivity (Wildman–Crippen MR) is 76.9 cm³/mol. The molecule has 1 saturated heterocycles. The summed E-state index contributed by atoms with van der Waals surface area (Å²) in [6.07, 6.45) is 2.08. The summed E-state index contributed by atoms with van der Waals surface area (Å²) in [5.41, 5.74) is 1.13. The molecule has 3 heterocycles. The Morgan fingerprint density at radius 3 is 2.60 bits per heavy atom. The largest absolute Gasteiger partial charge is 0.355 e. The molecule has 0 saturated carbocycles. The van der Waals surface area contributed by atoms with Gasteiger partial charge in [-0.3, -0.25) is 0 Å². The van der Waals surface area contributed by atoms with E-state index >= 15 is 0 Å². The van der Waals surface area contributed by atoms with E-state index in [1.165, 1.54) is 0 Å². The van der Waals surface area contributed by atoms with E-state index in [4.69, 9.17) is 16.9 Å². The summed E-state index contributed by atoms with van der Waals surface area (Å²) >= 11 is 6.26. The lowest BCUT2D eigenvalue weighted by Gasteiger charge is -2.34. The van der Waals surface area contributed by atoms with Crippen LogP contribution < -0.4 is 4.90 Å². The molecule has 2 aliphatic heterocycles. The molecule has 0 spiro atoms. The quantitative estimate of drug-likeness (QED) is 0.839. The van der Waals surface area contributed by atoms with Crippen molar-refractivity contribution in [2.75, 3.05) is 18.0 Å². The van der Waals surface area contributed by atoms with Crippen molar-refractivity contribution in [2.45, 2.75) is 32.4 Å². The van der Waals surface area contributed by atoms with Gasteiger partial charge in [0.05, 0.1) is 16.3 Å². The molecule has 0 radical (unpaired) electrons. The Kier molecular flexibility index (Phi) is 3.14. The van der Waals surface area contributed by atoms with Crippen LogP contribution in [0.15, 0.2) is 16.3 Å². The average molecular weight is 290 g/mol. The molecule has 0 aliphatic carbocycles. The van der Waals surface area contributed by atoms with E-state index in [2.05, 4.69) is 33.1 Å². The van der Waals surface area contributed by atoms with E-state index < -0.39 is 0 Å². The highest BCUT2D eigenvalue weighted by Crippen LogP contribution is 2.42. The molecule has 2 aliphatic rings. The third-order valence-electron chi connectivity index (χ3n) is 4.25. The van der Waals surface area contributed by atoms with Crippen molar-refractivity contribution in [2.24, 2.45) is 16.1 Å². The zero-order valence-corrected chi connectivity index (χ0v) is 12.4. The highest BCUT2D eigenvalue weighted by atomic mass is 35.5. The highest BCUT2D eigenvalue weighted by molar-refractivity contribution is 6.33. The van der Waals surface area contributed by atoms with Crippen LogP contribution in [0.1, 0.15) is 31.0 Å². The molecule has 0 N–H and O–H groups in total. The van der Waals surface area contributed by atoms with Crippen molar-refractivity contribution in [3.8, 4) is 6.07 Å². The predicted octanol–water partition coefficient (Wildman–Crippen LogP) is 3.31. The number of aryl methyl sites for hydroxylation is 1. The zero-order chi connectivity index (χ0) is 14.3. The summed E-state index contributed by atoms with van der Waals surface area (Å²) in [5.74, 6) is 1.31. The van der Waals surface area contributed by atoms with E-state index in [1.54, 1.807) is 6.07 Å². The molecule has 1 aromatic rings. The molecule has 1 aromatic heterocycles. The number of aromatic nitrogens is 1. The number of anilines is 1. The van der Waals surface area contributed by atoms with Gasteiger partial charge in [0.15, 0.2) is 5.66 Å². The number of hydrogen-bond donors (Lipinski definition) is 0. The molecule has 104 valence electrons. The summed E-state index contributed by atoms with van der Waals surface area (Å²) in [7, 11) is 0. The molecule has 0 unspecified atom stereocenters. The second kappa shape index (κ2) is 4.71. The van der Waals surface area contributed by atoms with Gasteiger partial charge in [-0.15, -0.1) is 0 Å². The van der Waals surface area contributed by atoms with Gasteiger partial charge in [0.25, 0.3) is 0 Å². The fourth-order valence-electron chi connectivity index (χ4n) is 2.78. The normalized spacial score (nSPS) is 20.8.